The van der Waals surface area contributed by atoms with E-state index in [-0.39, 0.29) is 5.66 Å². The molecule has 1 aromatic rings. The van der Waals surface area contributed by atoms with Crippen molar-refractivity contribution in [3.05, 3.63) is 30.3 Å². The van der Waals surface area contributed by atoms with Crippen LogP contribution < -0.4 is 15.8 Å². The smallest absolute Gasteiger partial charge is 0.189 e. The molecule has 0 saturated carbocycles. The minimum Gasteiger partial charge on any atom is -0.342 e. The lowest BCUT2D eigenvalue weighted by Gasteiger charge is -2.31. The first-order valence-electron chi connectivity index (χ1n) is 7.05. The van der Waals surface area contributed by atoms with Crippen molar-refractivity contribution in [2.75, 3.05) is 5.01 Å². The zero-order chi connectivity index (χ0) is 13.9. The Morgan fingerprint density at radius 3 is 2.53 bits per heavy atom. The van der Waals surface area contributed by atoms with Crippen LogP contribution in [0.25, 0.3) is 0 Å². The molecule has 1 heterocycles. The quantitative estimate of drug-likeness (QED) is 0.806. The summed E-state index contributed by atoms with van der Waals surface area (Å²) in [6.45, 7) is 6.71. The third-order valence-electron chi connectivity index (χ3n) is 3.89. The van der Waals surface area contributed by atoms with E-state index in [9.17, 15) is 0 Å². The van der Waals surface area contributed by atoms with E-state index in [2.05, 4.69) is 43.6 Å². The first-order valence-corrected chi connectivity index (χ1v) is 7.46. The van der Waals surface area contributed by atoms with Crippen LogP contribution in [-0.2, 0) is 0 Å². The van der Waals surface area contributed by atoms with Crippen LogP contribution in [0.1, 0.15) is 40.0 Å². The minimum absolute atomic E-state index is 0.109. The van der Waals surface area contributed by atoms with Crippen LogP contribution in [0, 0.1) is 5.92 Å². The topological polar surface area (TPSA) is 27.3 Å². The van der Waals surface area contributed by atoms with E-state index in [0.717, 1.165) is 23.6 Å². The van der Waals surface area contributed by atoms with Crippen molar-refractivity contribution in [1.82, 2.24) is 10.7 Å². The molecule has 0 amide bonds. The highest BCUT2D eigenvalue weighted by Crippen LogP contribution is 2.27. The summed E-state index contributed by atoms with van der Waals surface area (Å²) in [6.07, 6.45) is 3.26. The Balaban J connectivity index is 2.17. The van der Waals surface area contributed by atoms with Crippen molar-refractivity contribution in [3.63, 3.8) is 0 Å². The van der Waals surface area contributed by atoms with Crippen molar-refractivity contribution in [2.45, 2.75) is 45.7 Å². The fourth-order valence-electron chi connectivity index (χ4n) is 2.46. The predicted octanol–water partition coefficient (Wildman–Crippen LogP) is 3.43. The van der Waals surface area contributed by atoms with E-state index in [1.54, 1.807) is 0 Å². The molecule has 0 unspecified atom stereocenters. The third-order valence-corrected chi connectivity index (χ3v) is 4.17. The monoisotopic (exact) mass is 277 g/mol. The molecule has 4 heteroatoms. The summed E-state index contributed by atoms with van der Waals surface area (Å²) in [7, 11) is 0. The third kappa shape index (κ3) is 3.07. The Bertz CT molecular complexity index is 434. The second kappa shape index (κ2) is 5.88. The maximum absolute atomic E-state index is 5.48. The molecule has 1 fully saturated rings. The Labute approximate surface area is 121 Å². The Morgan fingerprint density at radius 1 is 1.26 bits per heavy atom. The molecule has 0 radical (unpaired) electrons. The lowest BCUT2D eigenvalue weighted by Crippen LogP contribution is -2.51. The standard InChI is InChI=1S/C15H23N3S/c1-4-12(3)11-15(5-2)16-14(19)18(17-15)13-9-7-6-8-10-13/h6-10,12,17H,4-5,11H2,1-3H3,(H,16,19)/t12-,15+/m0/s1. The number of nitrogens with zero attached hydrogens (tertiary/aromatic N) is 1. The molecule has 19 heavy (non-hydrogen) atoms. The van der Waals surface area contributed by atoms with Gasteiger partial charge in [0, 0.05) is 0 Å². The fraction of sp³-hybridized carbons (Fsp3) is 0.533. The van der Waals surface area contributed by atoms with Gasteiger partial charge in [-0.15, -0.1) is 0 Å². The van der Waals surface area contributed by atoms with Crippen molar-refractivity contribution in [3.8, 4) is 0 Å². The van der Waals surface area contributed by atoms with Crippen molar-refractivity contribution >= 4 is 23.0 Å². The molecule has 1 saturated heterocycles. The number of rotatable bonds is 5. The van der Waals surface area contributed by atoms with Gasteiger partial charge in [0.2, 0.25) is 0 Å². The van der Waals surface area contributed by atoms with Crippen molar-refractivity contribution < 1.29 is 0 Å². The van der Waals surface area contributed by atoms with Gasteiger partial charge in [0.15, 0.2) is 5.11 Å². The number of nitrogens with one attached hydrogen (secondary N) is 2. The van der Waals surface area contributed by atoms with E-state index in [0.29, 0.717) is 5.92 Å². The Hall–Kier alpha value is -1.13. The van der Waals surface area contributed by atoms with Crippen LogP contribution in [0.15, 0.2) is 30.3 Å². The summed E-state index contributed by atoms with van der Waals surface area (Å²) >= 11 is 5.48. The van der Waals surface area contributed by atoms with Crippen molar-refractivity contribution in [1.29, 1.82) is 0 Å². The minimum atomic E-state index is -0.109. The van der Waals surface area contributed by atoms with Crippen LogP contribution in [0.2, 0.25) is 0 Å². The lowest BCUT2D eigenvalue weighted by atomic mass is 9.93. The fourth-order valence-corrected chi connectivity index (χ4v) is 2.81. The van der Waals surface area contributed by atoms with Gasteiger partial charge in [-0.25, -0.2) is 5.43 Å². The molecular formula is C15H23N3S. The summed E-state index contributed by atoms with van der Waals surface area (Å²) in [4.78, 5) is 0. The molecular weight excluding hydrogens is 254 g/mol. The molecule has 104 valence electrons. The number of hydrogen-bond donors (Lipinski definition) is 2. The second-order valence-corrected chi connectivity index (χ2v) is 5.75. The largest absolute Gasteiger partial charge is 0.342 e. The highest BCUT2D eigenvalue weighted by atomic mass is 32.1. The number of benzene rings is 1. The molecule has 0 aromatic heterocycles. The average Bonchev–Trinajstić information content (AvgIpc) is 2.77. The number of thiocarbonyl (C=S) groups is 1. The van der Waals surface area contributed by atoms with Gasteiger partial charge in [-0.1, -0.05) is 45.4 Å². The first kappa shape index (κ1) is 14.3. The van der Waals surface area contributed by atoms with Gasteiger partial charge < -0.3 is 5.32 Å². The van der Waals surface area contributed by atoms with Gasteiger partial charge in [0.05, 0.1) is 5.69 Å². The molecule has 2 atom stereocenters. The number of hydrazine groups is 1. The summed E-state index contributed by atoms with van der Waals surface area (Å²) in [5, 5.41) is 6.22. The molecule has 2 N–H and O–H groups in total. The zero-order valence-corrected chi connectivity index (χ0v) is 12.8. The maximum atomic E-state index is 5.48. The summed E-state index contributed by atoms with van der Waals surface area (Å²) < 4.78 is 0. The zero-order valence-electron chi connectivity index (χ0n) is 11.9. The average molecular weight is 277 g/mol. The summed E-state index contributed by atoms with van der Waals surface area (Å²) in [6, 6.07) is 10.2. The summed E-state index contributed by atoms with van der Waals surface area (Å²) in [5.41, 5.74) is 4.54. The van der Waals surface area contributed by atoms with Gasteiger partial charge in [-0.05, 0) is 43.1 Å². The van der Waals surface area contributed by atoms with E-state index >= 15 is 0 Å². The van der Waals surface area contributed by atoms with Gasteiger partial charge in [-0.3, -0.25) is 5.01 Å². The first-order chi connectivity index (χ1) is 9.10. The van der Waals surface area contributed by atoms with E-state index in [1.165, 1.54) is 6.42 Å². The van der Waals surface area contributed by atoms with Gasteiger partial charge in [0.25, 0.3) is 0 Å². The van der Waals surface area contributed by atoms with Gasteiger partial charge in [0.1, 0.15) is 5.66 Å². The molecule has 0 spiro atoms. The number of hydrogen-bond acceptors (Lipinski definition) is 2. The molecule has 0 aliphatic carbocycles. The van der Waals surface area contributed by atoms with Crippen molar-refractivity contribution in [2.24, 2.45) is 5.92 Å². The molecule has 1 aromatic carbocycles. The lowest BCUT2D eigenvalue weighted by molar-refractivity contribution is 0.255. The number of anilines is 1. The SMILES string of the molecule is CC[C@H](C)C[C@]1(CC)NC(=S)N(c2ccccc2)N1. The predicted molar refractivity (Wildman–Crippen MR) is 84.9 cm³/mol. The Morgan fingerprint density at radius 2 is 1.95 bits per heavy atom. The van der Waals surface area contributed by atoms with Crippen LogP contribution in [0.4, 0.5) is 5.69 Å². The highest BCUT2D eigenvalue weighted by Gasteiger charge is 2.39. The molecule has 0 bridgehead atoms. The number of para-hydroxylation sites is 1. The second-order valence-electron chi connectivity index (χ2n) is 5.37. The van der Waals surface area contributed by atoms with Crippen LogP contribution in [0.5, 0.6) is 0 Å². The molecule has 1 aliphatic rings. The molecule has 3 nitrogen and oxygen atoms in total. The van der Waals surface area contributed by atoms with Gasteiger partial charge >= 0.3 is 0 Å². The van der Waals surface area contributed by atoms with Crippen LogP contribution in [0.3, 0.4) is 0 Å². The van der Waals surface area contributed by atoms with Crippen LogP contribution in [-0.4, -0.2) is 10.8 Å². The normalized spacial score (nSPS) is 24.4. The Kier molecular flexibility index (Phi) is 4.42. The van der Waals surface area contributed by atoms with E-state index < -0.39 is 0 Å². The molecule has 1 aliphatic heterocycles. The van der Waals surface area contributed by atoms with E-state index in [1.807, 2.05) is 23.2 Å². The highest BCUT2D eigenvalue weighted by molar-refractivity contribution is 7.80. The molecule has 2 rings (SSSR count). The van der Waals surface area contributed by atoms with Gasteiger partial charge in [-0.2, -0.15) is 0 Å². The summed E-state index contributed by atoms with van der Waals surface area (Å²) in [5.74, 6) is 0.665. The maximum Gasteiger partial charge on any atom is 0.189 e. The van der Waals surface area contributed by atoms with E-state index in [4.69, 9.17) is 12.2 Å². The van der Waals surface area contributed by atoms with Crippen LogP contribution >= 0.6 is 12.2 Å².